The molecule has 2 aliphatic carbocycles. The summed E-state index contributed by atoms with van der Waals surface area (Å²) in [4.78, 5) is 17.0. The second-order valence-electron chi connectivity index (χ2n) is 6.68. The van der Waals surface area contributed by atoms with Crippen molar-refractivity contribution < 1.29 is 9.21 Å². The molecule has 4 rings (SSSR count). The lowest BCUT2D eigenvalue weighted by Crippen LogP contribution is -2.52. The Bertz CT molecular complexity index is 718. The number of carbonyl (C=O) groups excluding carboxylic acids is 1. The number of fused-ring (bicyclic) bond motifs is 1. The maximum atomic E-state index is 12.5. The lowest BCUT2D eigenvalue weighted by atomic mass is 9.82. The molecule has 1 heterocycles. The van der Waals surface area contributed by atoms with E-state index >= 15 is 0 Å². The third-order valence-corrected chi connectivity index (χ3v) is 4.79. The summed E-state index contributed by atoms with van der Waals surface area (Å²) in [6.07, 6.45) is 7.05. The Labute approximate surface area is 141 Å². The molecule has 1 aromatic heterocycles. The predicted octanol–water partition coefficient (Wildman–Crippen LogP) is 3.73. The molecule has 0 aliphatic heterocycles. The molecule has 2 fully saturated rings. The van der Waals surface area contributed by atoms with Crippen molar-refractivity contribution in [3.8, 4) is 0 Å². The fourth-order valence-electron chi connectivity index (χ4n) is 3.19. The highest BCUT2D eigenvalue weighted by Crippen LogP contribution is 2.40. The molecular formula is C17H22ClN3O2. The van der Waals surface area contributed by atoms with Gasteiger partial charge in [0, 0.05) is 17.7 Å². The number of amides is 1. The van der Waals surface area contributed by atoms with Crippen LogP contribution in [0.1, 0.15) is 56.8 Å². The maximum absolute atomic E-state index is 12.5. The van der Waals surface area contributed by atoms with Crippen LogP contribution in [0.25, 0.3) is 11.1 Å². The van der Waals surface area contributed by atoms with Crippen LogP contribution in [0.5, 0.6) is 0 Å². The van der Waals surface area contributed by atoms with E-state index in [1.54, 1.807) is 0 Å². The summed E-state index contributed by atoms with van der Waals surface area (Å²) in [6.45, 7) is 0. The van der Waals surface area contributed by atoms with Crippen LogP contribution in [0.2, 0.25) is 0 Å². The molecule has 124 valence electrons. The van der Waals surface area contributed by atoms with Crippen molar-refractivity contribution in [2.45, 2.75) is 56.4 Å². The van der Waals surface area contributed by atoms with Crippen LogP contribution in [0.4, 0.5) is 5.69 Å². The highest BCUT2D eigenvalue weighted by molar-refractivity contribution is 5.99. The topological polar surface area (TPSA) is 81.2 Å². The number of nitrogens with two attached hydrogens (primary N) is 1. The molecule has 0 bridgehead atoms. The van der Waals surface area contributed by atoms with Crippen molar-refractivity contribution in [1.82, 2.24) is 4.98 Å². The van der Waals surface area contributed by atoms with Crippen LogP contribution in [-0.2, 0) is 4.79 Å². The molecule has 2 saturated carbocycles. The lowest BCUT2D eigenvalue weighted by Gasteiger charge is -2.31. The van der Waals surface area contributed by atoms with Gasteiger partial charge in [0.05, 0.1) is 5.54 Å². The fourth-order valence-corrected chi connectivity index (χ4v) is 3.19. The van der Waals surface area contributed by atoms with Gasteiger partial charge in [-0.1, -0.05) is 19.3 Å². The maximum Gasteiger partial charge on any atom is 0.244 e. The van der Waals surface area contributed by atoms with Gasteiger partial charge in [-0.3, -0.25) is 4.79 Å². The van der Waals surface area contributed by atoms with Gasteiger partial charge >= 0.3 is 0 Å². The number of rotatable bonds is 3. The number of anilines is 1. The first-order valence-corrected chi connectivity index (χ1v) is 8.15. The molecule has 1 amide bonds. The molecule has 2 aliphatic rings. The van der Waals surface area contributed by atoms with Crippen LogP contribution in [0.3, 0.4) is 0 Å². The summed E-state index contributed by atoms with van der Waals surface area (Å²) in [5.74, 6) is 1.22. The Morgan fingerprint density at radius 1 is 1.26 bits per heavy atom. The van der Waals surface area contributed by atoms with Crippen molar-refractivity contribution in [3.63, 3.8) is 0 Å². The van der Waals surface area contributed by atoms with Gasteiger partial charge in [-0.25, -0.2) is 4.98 Å². The number of nitrogens with one attached hydrogen (secondary N) is 1. The quantitative estimate of drug-likeness (QED) is 0.895. The number of hydrogen-bond donors (Lipinski definition) is 2. The Kier molecular flexibility index (Phi) is 4.34. The minimum absolute atomic E-state index is 0. The third kappa shape index (κ3) is 3.21. The lowest BCUT2D eigenvalue weighted by molar-refractivity contribution is -0.122. The molecule has 3 N–H and O–H groups in total. The normalized spacial score (nSPS) is 20.0. The number of hydrogen-bond acceptors (Lipinski definition) is 4. The van der Waals surface area contributed by atoms with Crippen molar-refractivity contribution in [2.75, 3.05) is 5.32 Å². The van der Waals surface area contributed by atoms with E-state index in [4.69, 9.17) is 10.2 Å². The van der Waals surface area contributed by atoms with E-state index < -0.39 is 5.54 Å². The molecule has 0 atom stereocenters. The highest BCUT2D eigenvalue weighted by Gasteiger charge is 2.35. The number of nitrogens with zero attached hydrogens (tertiary/aromatic N) is 1. The average Bonchev–Trinajstić information content (AvgIpc) is 3.28. The molecule has 23 heavy (non-hydrogen) atoms. The summed E-state index contributed by atoms with van der Waals surface area (Å²) < 4.78 is 5.79. The van der Waals surface area contributed by atoms with E-state index in [2.05, 4.69) is 10.3 Å². The van der Waals surface area contributed by atoms with Crippen LogP contribution in [0, 0.1) is 0 Å². The molecule has 0 spiro atoms. The smallest absolute Gasteiger partial charge is 0.244 e. The predicted molar refractivity (Wildman–Crippen MR) is 91.9 cm³/mol. The van der Waals surface area contributed by atoms with Gasteiger partial charge < -0.3 is 15.5 Å². The van der Waals surface area contributed by atoms with Gasteiger partial charge in [0.1, 0.15) is 5.52 Å². The number of carbonyl (C=O) groups is 1. The first-order valence-electron chi connectivity index (χ1n) is 8.15. The Morgan fingerprint density at radius 3 is 2.70 bits per heavy atom. The van der Waals surface area contributed by atoms with Crippen LogP contribution < -0.4 is 11.1 Å². The summed E-state index contributed by atoms with van der Waals surface area (Å²) in [5.41, 5.74) is 7.85. The van der Waals surface area contributed by atoms with Gasteiger partial charge in [0.15, 0.2) is 11.5 Å². The minimum atomic E-state index is -0.728. The van der Waals surface area contributed by atoms with E-state index in [1.165, 1.54) is 6.42 Å². The van der Waals surface area contributed by atoms with Crippen molar-refractivity contribution in [3.05, 3.63) is 24.1 Å². The van der Waals surface area contributed by atoms with Gasteiger partial charge in [0.2, 0.25) is 5.91 Å². The SMILES string of the molecule is Cl.NC1(C(=O)Nc2ccc3nc(C4CC4)oc3c2)CCCCC1. The van der Waals surface area contributed by atoms with Gasteiger partial charge in [0.25, 0.3) is 0 Å². The van der Waals surface area contributed by atoms with Gasteiger partial charge in [-0.2, -0.15) is 0 Å². The van der Waals surface area contributed by atoms with E-state index in [0.717, 1.165) is 61.2 Å². The molecule has 1 aromatic carbocycles. The van der Waals surface area contributed by atoms with E-state index in [-0.39, 0.29) is 18.3 Å². The Hall–Kier alpha value is -1.59. The summed E-state index contributed by atoms with van der Waals surface area (Å²) in [6, 6.07) is 5.61. The van der Waals surface area contributed by atoms with Crippen molar-refractivity contribution >= 4 is 35.1 Å². The first-order chi connectivity index (χ1) is 10.6. The molecule has 0 radical (unpaired) electrons. The molecule has 5 nitrogen and oxygen atoms in total. The molecule has 6 heteroatoms. The standard InChI is InChI=1S/C17H21N3O2.ClH/c18-17(8-2-1-3-9-17)16(21)19-12-6-7-13-14(10-12)22-15(20-13)11-4-5-11;/h6-7,10-11H,1-5,8-9,18H2,(H,19,21);1H. The van der Waals surface area contributed by atoms with Gasteiger partial charge in [-0.05, 0) is 37.8 Å². The largest absolute Gasteiger partial charge is 0.440 e. The first kappa shape index (κ1) is 16.3. The zero-order chi connectivity index (χ0) is 15.2. The number of halogens is 1. The van der Waals surface area contributed by atoms with Crippen molar-refractivity contribution in [2.24, 2.45) is 5.73 Å². The average molecular weight is 336 g/mol. The minimum Gasteiger partial charge on any atom is -0.440 e. The number of oxazole rings is 1. The van der Waals surface area contributed by atoms with E-state index in [1.807, 2.05) is 18.2 Å². The second-order valence-corrected chi connectivity index (χ2v) is 6.68. The Morgan fingerprint density at radius 2 is 2.00 bits per heavy atom. The molecule has 0 unspecified atom stereocenters. The summed E-state index contributed by atoms with van der Waals surface area (Å²) >= 11 is 0. The van der Waals surface area contributed by atoms with Crippen LogP contribution in [-0.4, -0.2) is 16.4 Å². The number of aromatic nitrogens is 1. The fraction of sp³-hybridized carbons (Fsp3) is 0.529. The number of benzene rings is 1. The molecule has 2 aromatic rings. The Balaban J connectivity index is 0.00000156. The zero-order valence-corrected chi connectivity index (χ0v) is 13.8. The zero-order valence-electron chi connectivity index (χ0n) is 13.0. The third-order valence-electron chi connectivity index (χ3n) is 4.79. The summed E-state index contributed by atoms with van der Waals surface area (Å²) in [5, 5.41) is 2.95. The second kappa shape index (κ2) is 6.13. The monoisotopic (exact) mass is 335 g/mol. The van der Waals surface area contributed by atoms with Crippen LogP contribution in [0.15, 0.2) is 22.6 Å². The van der Waals surface area contributed by atoms with Gasteiger partial charge in [-0.15, -0.1) is 12.4 Å². The van der Waals surface area contributed by atoms with Crippen LogP contribution >= 0.6 is 12.4 Å². The van der Waals surface area contributed by atoms with E-state index in [9.17, 15) is 4.79 Å². The molecular weight excluding hydrogens is 314 g/mol. The van der Waals surface area contributed by atoms with Crippen molar-refractivity contribution in [1.29, 1.82) is 0 Å². The van der Waals surface area contributed by atoms with E-state index in [0.29, 0.717) is 5.92 Å². The summed E-state index contributed by atoms with van der Waals surface area (Å²) in [7, 11) is 0. The molecule has 0 saturated heterocycles. The highest BCUT2D eigenvalue weighted by atomic mass is 35.5.